The van der Waals surface area contributed by atoms with Gasteiger partial charge in [-0.15, -0.1) is 0 Å². The number of carbonyl (C=O) groups excluding carboxylic acids is 1. The van der Waals surface area contributed by atoms with Gasteiger partial charge in [0, 0.05) is 35.7 Å². The molecule has 2 fully saturated rings. The van der Waals surface area contributed by atoms with Crippen molar-refractivity contribution in [2.24, 2.45) is 0 Å². The van der Waals surface area contributed by atoms with Crippen LogP contribution in [0.15, 0.2) is 36.5 Å². The molecule has 0 atom stereocenters. The highest BCUT2D eigenvalue weighted by Crippen LogP contribution is 2.37. The van der Waals surface area contributed by atoms with Crippen LogP contribution >= 0.6 is 0 Å². The van der Waals surface area contributed by atoms with Crippen molar-refractivity contribution in [2.75, 3.05) is 43.6 Å². The summed E-state index contributed by atoms with van der Waals surface area (Å²) < 4.78 is 13.3. The Labute approximate surface area is 194 Å². The first kappa shape index (κ1) is 21.8. The third-order valence-corrected chi connectivity index (χ3v) is 6.99. The minimum atomic E-state index is -0.132. The van der Waals surface area contributed by atoms with Crippen LogP contribution in [-0.2, 0) is 4.74 Å². The van der Waals surface area contributed by atoms with Crippen molar-refractivity contribution in [3.8, 4) is 5.75 Å². The lowest BCUT2D eigenvalue weighted by molar-refractivity contribution is 0.102. The Hall–Kier alpha value is -3.06. The van der Waals surface area contributed by atoms with Crippen LogP contribution < -0.4 is 15.0 Å². The molecule has 7 heteroatoms. The van der Waals surface area contributed by atoms with Gasteiger partial charge in [-0.05, 0) is 50.1 Å². The summed E-state index contributed by atoms with van der Waals surface area (Å²) in [6.07, 6.45) is 7.90. The van der Waals surface area contributed by atoms with E-state index in [0.717, 1.165) is 67.2 Å². The van der Waals surface area contributed by atoms with Gasteiger partial charge < -0.3 is 24.3 Å². The number of anilines is 2. The minimum absolute atomic E-state index is 0.132. The van der Waals surface area contributed by atoms with Gasteiger partial charge in [-0.1, -0.05) is 19.3 Å². The molecule has 2 aromatic heterocycles. The van der Waals surface area contributed by atoms with E-state index in [2.05, 4.69) is 32.8 Å². The SMILES string of the molecule is COc1ccc2c(c1)c(C(=O)Nc1ccc(N3CCOCC3)cn1)c(C)n2C1CCCCC1. The van der Waals surface area contributed by atoms with Gasteiger partial charge in [-0.25, -0.2) is 4.98 Å². The van der Waals surface area contributed by atoms with Gasteiger partial charge >= 0.3 is 0 Å². The average molecular weight is 449 g/mol. The Morgan fingerprint density at radius 3 is 2.61 bits per heavy atom. The number of methoxy groups -OCH3 is 1. The predicted molar refractivity (Wildman–Crippen MR) is 131 cm³/mol. The molecular weight excluding hydrogens is 416 g/mol. The fraction of sp³-hybridized carbons (Fsp3) is 0.462. The summed E-state index contributed by atoms with van der Waals surface area (Å²) in [5.41, 5.74) is 3.85. The maximum atomic E-state index is 13.5. The highest BCUT2D eigenvalue weighted by atomic mass is 16.5. The van der Waals surface area contributed by atoms with E-state index in [1.54, 1.807) is 7.11 Å². The molecule has 1 saturated carbocycles. The Balaban J connectivity index is 1.45. The molecule has 1 N–H and O–H groups in total. The third-order valence-electron chi connectivity index (χ3n) is 6.99. The minimum Gasteiger partial charge on any atom is -0.497 e. The molecular formula is C26H32N4O3. The highest BCUT2D eigenvalue weighted by Gasteiger charge is 2.26. The summed E-state index contributed by atoms with van der Waals surface area (Å²) in [6.45, 7) is 5.23. The van der Waals surface area contributed by atoms with Crippen molar-refractivity contribution in [1.82, 2.24) is 9.55 Å². The van der Waals surface area contributed by atoms with Crippen LogP contribution in [0.5, 0.6) is 5.75 Å². The average Bonchev–Trinajstić information content (AvgIpc) is 3.16. The normalized spacial score (nSPS) is 17.3. The van der Waals surface area contributed by atoms with E-state index in [0.29, 0.717) is 17.4 Å². The molecule has 1 aliphatic heterocycles. The van der Waals surface area contributed by atoms with Gasteiger partial charge in [0.1, 0.15) is 11.6 Å². The standard InChI is InChI=1S/C26H32N4O3/c1-18-25(26(31)28-24-11-8-20(17-27-24)29-12-14-33-15-13-29)22-16-21(32-2)9-10-23(22)30(18)19-6-4-3-5-7-19/h8-11,16-17,19H,3-7,12-15H2,1-2H3,(H,27,28,31). The number of amides is 1. The summed E-state index contributed by atoms with van der Waals surface area (Å²) in [6, 6.07) is 10.4. The fourth-order valence-corrected chi connectivity index (χ4v) is 5.29. The molecule has 1 saturated heterocycles. The molecule has 0 bridgehead atoms. The van der Waals surface area contributed by atoms with Crippen molar-refractivity contribution < 1.29 is 14.3 Å². The molecule has 3 aromatic rings. The van der Waals surface area contributed by atoms with Crippen LogP contribution in [0.25, 0.3) is 10.9 Å². The molecule has 1 amide bonds. The summed E-state index contributed by atoms with van der Waals surface area (Å²) in [5.74, 6) is 1.18. The highest BCUT2D eigenvalue weighted by molar-refractivity contribution is 6.14. The first-order valence-electron chi connectivity index (χ1n) is 11.9. The number of hydrogen-bond acceptors (Lipinski definition) is 5. The molecule has 174 valence electrons. The molecule has 1 aromatic carbocycles. The number of nitrogens with one attached hydrogen (secondary N) is 1. The van der Waals surface area contributed by atoms with Crippen LogP contribution in [0, 0.1) is 6.92 Å². The van der Waals surface area contributed by atoms with E-state index in [4.69, 9.17) is 9.47 Å². The summed E-state index contributed by atoms with van der Waals surface area (Å²) in [7, 11) is 1.66. The van der Waals surface area contributed by atoms with E-state index in [-0.39, 0.29) is 5.91 Å². The van der Waals surface area contributed by atoms with E-state index in [1.807, 2.05) is 30.5 Å². The quantitative estimate of drug-likeness (QED) is 0.598. The number of morpholine rings is 1. The van der Waals surface area contributed by atoms with Crippen LogP contribution in [-0.4, -0.2) is 48.9 Å². The van der Waals surface area contributed by atoms with Crippen molar-refractivity contribution in [3.05, 3.63) is 47.8 Å². The number of carbonyl (C=O) groups is 1. The monoisotopic (exact) mass is 448 g/mol. The second-order valence-electron chi connectivity index (χ2n) is 8.96. The van der Waals surface area contributed by atoms with Crippen molar-refractivity contribution >= 4 is 28.3 Å². The van der Waals surface area contributed by atoms with E-state index >= 15 is 0 Å². The van der Waals surface area contributed by atoms with Crippen LogP contribution in [0.1, 0.15) is 54.2 Å². The van der Waals surface area contributed by atoms with Crippen molar-refractivity contribution in [3.63, 3.8) is 0 Å². The molecule has 0 spiro atoms. The van der Waals surface area contributed by atoms with Gasteiger partial charge in [0.15, 0.2) is 0 Å². The van der Waals surface area contributed by atoms with Crippen LogP contribution in [0.3, 0.4) is 0 Å². The van der Waals surface area contributed by atoms with Gasteiger partial charge in [-0.3, -0.25) is 4.79 Å². The molecule has 7 nitrogen and oxygen atoms in total. The van der Waals surface area contributed by atoms with E-state index in [1.165, 1.54) is 19.3 Å². The molecule has 3 heterocycles. The molecule has 1 aliphatic carbocycles. The maximum Gasteiger partial charge on any atom is 0.259 e. The number of fused-ring (bicyclic) bond motifs is 1. The smallest absolute Gasteiger partial charge is 0.259 e. The van der Waals surface area contributed by atoms with Gasteiger partial charge in [0.05, 0.1) is 37.8 Å². The molecule has 33 heavy (non-hydrogen) atoms. The lowest BCUT2D eigenvalue weighted by Gasteiger charge is -2.28. The lowest BCUT2D eigenvalue weighted by atomic mass is 9.95. The van der Waals surface area contributed by atoms with E-state index in [9.17, 15) is 4.79 Å². The van der Waals surface area contributed by atoms with Crippen LogP contribution in [0.4, 0.5) is 11.5 Å². The van der Waals surface area contributed by atoms with Crippen molar-refractivity contribution in [2.45, 2.75) is 45.1 Å². The summed E-state index contributed by atoms with van der Waals surface area (Å²) in [4.78, 5) is 20.3. The fourth-order valence-electron chi connectivity index (χ4n) is 5.29. The molecule has 5 rings (SSSR count). The van der Waals surface area contributed by atoms with Gasteiger partial charge in [0.25, 0.3) is 5.91 Å². The third kappa shape index (κ3) is 4.29. The van der Waals surface area contributed by atoms with Crippen molar-refractivity contribution in [1.29, 1.82) is 0 Å². The maximum absolute atomic E-state index is 13.5. The van der Waals surface area contributed by atoms with Crippen LogP contribution in [0.2, 0.25) is 0 Å². The number of aromatic nitrogens is 2. The number of benzene rings is 1. The number of pyridine rings is 1. The number of rotatable bonds is 5. The number of hydrogen-bond donors (Lipinski definition) is 1. The summed E-state index contributed by atoms with van der Waals surface area (Å²) >= 11 is 0. The second-order valence-corrected chi connectivity index (χ2v) is 8.96. The Bertz CT molecular complexity index is 1130. The Morgan fingerprint density at radius 1 is 1.12 bits per heavy atom. The Kier molecular flexibility index (Phi) is 6.22. The predicted octanol–water partition coefficient (Wildman–Crippen LogP) is 4.95. The number of nitrogens with zero attached hydrogens (tertiary/aromatic N) is 3. The first-order chi connectivity index (χ1) is 16.2. The number of ether oxygens (including phenoxy) is 2. The summed E-state index contributed by atoms with van der Waals surface area (Å²) in [5, 5.41) is 3.96. The first-order valence-corrected chi connectivity index (χ1v) is 11.9. The largest absolute Gasteiger partial charge is 0.497 e. The lowest BCUT2D eigenvalue weighted by Crippen LogP contribution is -2.36. The topological polar surface area (TPSA) is 68.6 Å². The zero-order valence-electron chi connectivity index (χ0n) is 19.5. The van der Waals surface area contributed by atoms with E-state index < -0.39 is 0 Å². The molecule has 2 aliphatic rings. The molecule has 0 radical (unpaired) electrons. The van der Waals surface area contributed by atoms with Gasteiger partial charge in [0.2, 0.25) is 0 Å². The Morgan fingerprint density at radius 2 is 1.91 bits per heavy atom. The second kappa shape index (κ2) is 9.43. The zero-order chi connectivity index (χ0) is 22.8. The molecule has 0 unspecified atom stereocenters. The zero-order valence-corrected chi connectivity index (χ0v) is 19.5. The van der Waals surface area contributed by atoms with Gasteiger partial charge in [-0.2, -0.15) is 0 Å².